The molecule has 0 aliphatic carbocycles. The fourth-order valence-corrected chi connectivity index (χ4v) is 1.61. The highest BCUT2D eigenvalue weighted by Gasteiger charge is 2.11. The predicted molar refractivity (Wildman–Crippen MR) is 66.5 cm³/mol. The molecule has 0 aromatic heterocycles. The van der Waals surface area contributed by atoms with Gasteiger partial charge in [0.25, 0.3) is 0 Å². The third-order valence-electron chi connectivity index (χ3n) is 2.67. The first-order valence-corrected chi connectivity index (χ1v) is 5.92. The van der Waals surface area contributed by atoms with Gasteiger partial charge in [0.1, 0.15) is 0 Å². The van der Waals surface area contributed by atoms with Gasteiger partial charge in [0.05, 0.1) is 5.60 Å². The minimum Gasteiger partial charge on any atom is -0.396 e. The van der Waals surface area contributed by atoms with Crippen LogP contribution in [0.4, 0.5) is 0 Å². The number of aryl methyl sites for hydroxylation is 2. The average Bonchev–Trinajstić information content (AvgIpc) is 2.24. The monoisotopic (exact) mass is 222 g/mol. The zero-order valence-electron chi connectivity index (χ0n) is 10.2. The second kappa shape index (κ2) is 6.02. The largest absolute Gasteiger partial charge is 0.396 e. The minimum atomic E-state index is -0.588. The first-order valence-electron chi connectivity index (χ1n) is 5.92. The van der Waals surface area contributed by atoms with Crippen LogP contribution < -0.4 is 0 Å². The van der Waals surface area contributed by atoms with E-state index in [1.165, 1.54) is 11.1 Å². The molecule has 0 saturated heterocycles. The topological polar surface area (TPSA) is 40.5 Å². The Balaban J connectivity index is 2.45. The van der Waals surface area contributed by atoms with E-state index >= 15 is 0 Å². The number of aliphatic hydroxyl groups is 2. The Kier molecular flexibility index (Phi) is 4.97. The van der Waals surface area contributed by atoms with Crippen molar-refractivity contribution in [3.8, 4) is 0 Å². The molecule has 0 spiro atoms. The molecule has 0 fully saturated rings. The number of rotatable bonds is 6. The molecule has 0 unspecified atom stereocenters. The van der Waals surface area contributed by atoms with Crippen LogP contribution in [0.15, 0.2) is 24.3 Å². The SMILES string of the molecule is CC(C)(O)CCc1ccc(CCCO)cc1. The van der Waals surface area contributed by atoms with Gasteiger partial charge in [0, 0.05) is 6.61 Å². The Morgan fingerprint density at radius 2 is 1.50 bits per heavy atom. The summed E-state index contributed by atoms with van der Waals surface area (Å²) in [4.78, 5) is 0. The van der Waals surface area contributed by atoms with E-state index in [4.69, 9.17) is 5.11 Å². The molecule has 16 heavy (non-hydrogen) atoms. The molecule has 0 aliphatic rings. The van der Waals surface area contributed by atoms with Crippen molar-refractivity contribution in [2.45, 2.75) is 45.1 Å². The van der Waals surface area contributed by atoms with Crippen molar-refractivity contribution >= 4 is 0 Å². The minimum absolute atomic E-state index is 0.250. The summed E-state index contributed by atoms with van der Waals surface area (Å²) in [7, 11) is 0. The fraction of sp³-hybridized carbons (Fsp3) is 0.571. The van der Waals surface area contributed by atoms with E-state index in [1.807, 2.05) is 13.8 Å². The van der Waals surface area contributed by atoms with Gasteiger partial charge >= 0.3 is 0 Å². The summed E-state index contributed by atoms with van der Waals surface area (Å²) >= 11 is 0. The fourth-order valence-electron chi connectivity index (χ4n) is 1.61. The highest BCUT2D eigenvalue weighted by molar-refractivity contribution is 5.22. The van der Waals surface area contributed by atoms with Crippen molar-refractivity contribution in [2.75, 3.05) is 6.61 Å². The lowest BCUT2D eigenvalue weighted by molar-refractivity contribution is 0.0714. The van der Waals surface area contributed by atoms with E-state index in [0.717, 1.165) is 25.7 Å². The second-order valence-electron chi connectivity index (χ2n) is 4.96. The van der Waals surface area contributed by atoms with Crippen molar-refractivity contribution in [3.05, 3.63) is 35.4 Å². The van der Waals surface area contributed by atoms with E-state index in [1.54, 1.807) is 0 Å². The average molecular weight is 222 g/mol. The normalized spacial score (nSPS) is 11.8. The molecule has 0 saturated carbocycles. The molecular weight excluding hydrogens is 200 g/mol. The number of hydrogen-bond donors (Lipinski definition) is 2. The molecule has 0 aliphatic heterocycles. The Morgan fingerprint density at radius 3 is 1.94 bits per heavy atom. The molecule has 0 bridgehead atoms. The first-order chi connectivity index (χ1) is 7.51. The second-order valence-corrected chi connectivity index (χ2v) is 4.96. The van der Waals surface area contributed by atoms with Gasteiger partial charge in [-0.2, -0.15) is 0 Å². The summed E-state index contributed by atoms with van der Waals surface area (Å²) < 4.78 is 0. The van der Waals surface area contributed by atoms with Gasteiger partial charge in [-0.25, -0.2) is 0 Å². The smallest absolute Gasteiger partial charge is 0.0594 e. The van der Waals surface area contributed by atoms with E-state index in [0.29, 0.717) is 0 Å². The zero-order valence-corrected chi connectivity index (χ0v) is 10.2. The molecule has 90 valence electrons. The van der Waals surface area contributed by atoms with Crippen LogP contribution in [0.2, 0.25) is 0 Å². The van der Waals surface area contributed by atoms with Gasteiger partial charge in [0.2, 0.25) is 0 Å². The lowest BCUT2D eigenvalue weighted by atomic mass is 9.98. The lowest BCUT2D eigenvalue weighted by Crippen LogP contribution is -2.19. The van der Waals surface area contributed by atoms with Crippen molar-refractivity contribution in [2.24, 2.45) is 0 Å². The van der Waals surface area contributed by atoms with Gasteiger partial charge in [-0.05, 0) is 50.7 Å². The molecule has 0 radical (unpaired) electrons. The van der Waals surface area contributed by atoms with Crippen LogP contribution in [0, 0.1) is 0 Å². The number of hydrogen-bond acceptors (Lipinski definition) is 2. The first kappa shape index (κ1) is 13.2. The number of benzene rings is 1. The highest BCUT2D eigenvalue weighted by Crippen LogP contribution is 2.14. The Hall–Kier alpha value is -0.860. The molecule has 0 amide bonds. The maximum absolute atomic E-state index is 9.62. The molecule has 2 nitrogen and oxygen atoms in total. The summed E-state index contributed by atoms with van der Waals surface area (Å²) in [5.41, 5.74) is 1.94. The van der Waals surface area contributed by atoms with Gasteiger partial charge in [0.15, 0.2) is 0 Å². The summed E-state index contributed by atoms with van der Waals surface area (Å²) in [6, 6.07) is 8.43. The van der Waals surface area contributed by atoms with Gasteiger partial charge < -0.3 is 10.2 Å². The summed E-state index contributed by atoms with van der Waals surface area (Å²) in [5, 5.41) is 18.4. The Labute approximate surface area is 97.9 Å². The van der Waals surface area contributed by atoms with E-state index in [9.17, 15) is 5.11 Å². The van der Waals surface area contributed by atoms with Crippen LogP contribution in [0.25, 0.3) is 0 Å². The van der Waals surface area contributed by atoms with Crippen LogP contribution >= 0.6 is 0 Å². The van der Waals surface area contributed by atoms with Gasteiger partial charge in [-0.1, -0.05) is 24.3 Å². The lowest BCUT2D eigenvalue weighted by Gasteiger charge is -2.16. The van der Waals surface area contributed by atoms with Crippen LogP contribution in [-0.2, 0) is 12.8 Å². The third kappa shape index (κ3) is 5.29. The van der Waals surface area contributed by atoms with Crippen LogP contribution in [0.3, 0.4) is 0 Å². The molecule has 2 heteroatoms. The highest BCUT2D eigenvalue weighted by atomic mass is 16.3. The summed E-state index contributed by atoms with van der Waals surface area (Å²) in [6.07, 6.45) is 3.44. The van der Waals surface area contributed by atoms with Gasteiger partial charge in [-0.3, -0.25) is 0 Å². The van der Waals surface area contributed by atoms with Crippen molar-refractivity contribution in [3.63, 3.8) is 0 Å². The number of aliphatic hydroxyl groups excluding tert-OH is 1. The van der Waals surface area contributed by atoms with E-state index < -0.39 is 5.60 Å². The maximum atomic E-state index is 9.62. The summed E-state index contributed by atoms with van der Waals surface area (Å²) in [6.45, 7) is 3.92. The maximum Gasteiger partial charge on any atom is 0.0594 e. The van der Waals surface area contributed by atoms with Crippen LogP contribution in [0.5, 0.6) is 0 Å². The zero-order chi connectivity index (χ0) is 12.0. The van der Waals surface area contributed by atoms with Crippen molar-refractivity contribution < 1.29 is 10.2 Å². The molecule has 1 aromatic carbocycles. The van der Waals surface area contributed by atoms with Crippen LogP contribution in [0.1, 0.15) is 37.8 Å². The van der Waals surface area contributed by atoms with Crippen molar-refractivity contribution in [1.82, 2.24) is 0 Å². The molecular formula is C14H22O2. The molecule has 2 N–H and O–H groups in total. The third-order valence-corrected chi connectivity index (χ3v) is 2.67. The van der Waals surface area contributed by atoms with Crippen molar-refractivity contribution in [1.29, 1.82) is 0 Å². The van der Waals surface area contributed by atoms with Crippen LogP contribution in [-0.4, -0.2) is 22.4 Å². The molecule has 1 rings (SSSR count). The quantitative estimate of drug-likeness (QED) is 0.775. The van der Waals surface area contributed by atoms with E-state index in [2.05, 4.69) is 24.3 Å². The summed E-state index contributed by atoms with van der Waals surface area (Å²) in [5.74, 6) is 0. The molecule has 0 atom stereocenters. The predicted octanol–water partition coefficient (Wildman–Crippen LogP) is 2.32. The standard InChI is InChI=1S/C14H22O2/c1-14(2,16)10-9-13-7-5-12(6-8-13)4-3-11-15/h5-8,15-16H,3-4,9-11H2,1-2H3. The molecule has 0 heterocycles. The molecule has 1 aromatic rings. The Bertz CT molecular complexity index is 296. The van der Waals surface area contributed by atoms with E-state index in [-0.39, 0.29) is 6.61 Å². The Morgan fingerprint density at radius 1 is 1.00 bits per heavy atom. The van der Waals surface area contributed by atoms with Gasteiger partial charge in [-0.15, -0.1) is 0 Å².